The molecule has 0 spiro atoms. The minimum atomic E-state index is -3.67. The summed E-state index contributed by atoms with van der Waals surface area (Å²) in [7, 11) is 0. The zero-order chi connectivity index (χ0) is 22.9. The van der Waals surface area contributed by atoms with E-state index in [1.807, 2.05) is 18.2 Å². The van der Waals surface area contributed by atoms with E-state index < -0.39 is 34.9 Å². The second kappa shape index (κ2) is 7.28. The molecule has 0 radical (unpaired) electrons. The van der Waals surface area contributed by atoms with E-state index in [0.29, 0.717) is 11.5 Å². The number of fused-ring (bicyclic) bond motifs is 1. The van der Waals surface area contributed by atoms with Crippen molar-refractivity contribution in [3.05, 3.63) is 96.6 Å². The first-order valence-corrected chi connectivity index (χ1v) is 24.2. The van der Waals surface area contributed by atoms with Gasteiger partial charge >= 0.3 is 186 Å². The van der Waals surface area contributed by atoms with Gasteiger partial charge in [0.05, 0.1) is 0 Å². The van der Waals surface area contributed by atoms with Crippen molar-refractivity contribution in [1.82, 2.24) is 0 Å². The number of hydrogen-bond acceptors (Lipinski definition) is 0. The van der Waals surface area contributed by atoms with E-state index in [9.17, 15) is 13.2 Å². The minimum absolute atomic E-state index is 0.124. The van der Waals surface area contributed by atoms with Crippen LogP contribution in [0.1, 0.15) is 48.0 Å². The van der Waals surface area contributed by atoms with Crippen LogP contribution in [-0.4, -0.2) is 6.88 Å². The molecule has 0 aromatic heterocycles. The molecule has 2 aromatic carbocycles. The van der Waals surface area contributed by atoms with Crippen molar-refractivity contribution in [1.29, 1.82) is 0 Å². The molecule has 2 aliphatic rings. The van der Waals surface area contributed by atoms with Crippen LogP contribution in [0.5, 0.6) is 0 Å². The molecule has 0 saturated heterocycles. The van der Waals surface area contributed by atoms with Crippen LogP contribution in [0.3, 0.4) is 0 Å². The molecule has 0 saturated carbocycles. The summed E-state index contributed by atoms with van der Waals surface area (Å²) in [6.45, 7) is 11.1. The maximum absolute atomic E-state index is 14.8. The quantitative estimate of drug-likeness (QED) is 0.378. The molecule has 4 rings (SSSR count). The number of rotatable bonds is 3. The fourth-order valence-corrected chi connectivity index (χ4v) is 24.5. The van der Waals surface area contributed by atoms with Crippen LogP contribution in [0, 0.1) is 23.4 Å². The Morgan fingerprint density at radius 2 is 1.48 bits per heavy atom. The summed E-state index contributed by atoms with van der Waals surface area (Å²) in [5.41, 5.74) is 6.63. The van der Waals surface area contributed by atoms with E-state index in [1.54, 1.807) is 3.28 Å². The van der Waals surface area contributed by atoms with Gasteiger partial charge in [0.15, 0.2) is 0 Å². The predicted octanol–water partition coefficient (Wildman–Crippen LogP) is 7.18. The number of allylic oxidation sites excluding steroid dienone is 5. The molecule has 2 atom stereocenters. The molecule has 2 aliphatic carbocycles. The average Bonchev–Trinajstić information content (AvgIpc) is 3.14. The topological polar surface area (TPSA) is 0 Å². The van der Waals surface area contributed by atoms with Gasteiger partial charge in [-0.2, -0.15) is 0 Å². The molecule has 0 fully saturated rings. The molecule has 0 aliphatic heterocycles. The molecule has 0 N–H and O–H groups in total. The van der Waals surface area contributed by atoms with Crippen molar-refractivity contribution in [3.63, 3.8) is 0 Å². The van der Waals surface area contributed by atoms with Crippen molar-refractivity contribution in [3.8, 4) is 0 Å². The Morgan fingerprint density at radius 3 is 2.03 bits per heavy atom. The van der Waals surface area contributed by atoms with Crippen LogP contribution in [-0.2, 0) is 17.4 Å². The van der Waals surface area contributed by atoms with Gasteiger partial charge in [0, 0.05) is 0 Å². The maximum atomic E-state index is 14.8. The first kappa shape index (κ1) is 22.7. The zero-order valence-electron chi connectivity index (χ0n) is 19.0. The molecule has 31 heavy (non-hydrogen) atoms. The third kappa shape index (κ3) is 3.35. The van der Waals surface area contributed by atoms with Gasteiger partial charge in [0.1, 0.15) is 0 Å². The van der Waals surface area contributed by atoms with Crippen molar-refractivity contribution in [2.45, 2.75) is 40.6 Å². The normalized spacial score (nSPS) is 21.7. The Hall–Kier alpha value is -1.45. The Kier molecular flexibility index (Phi) is 5.34. The number of hydrogen-bond donors (Lipinski definition) is 0. The number of benzene rings is 2. The zero-order valence-corrected chi connectivity index (χ0v) is 22.9. The number of halogens is 3. The van der Waals surface area contributed by atoms with Crippen LogP contribution in [0.4, 0.5) is 13.2 Å². The van der Waals surface area contributed by atoms with Crippen molar-refractivity contribution < 1.29 is 30.6 Å². The van der Waals surface area contributed by atoms with Crippen LogP contribution >= 0.6 is 0 Å². The molecule has 0 heterocycles. The summed E-state index contributed by atoms with van der Waals surface area (Å²) in [4.78, 5) is 0. The summed E-state index contributed by atoms with van der Waals surface area (Å²) in [5, 5.41) is 0. The van der Waals surface area contributed by atoms with E-state index in [2.05, 4.69) is 56.0 Å². The van der Waals surface area contributed by atoms with E-state index in [0.717, 1.165) is 23.3 Å². The molecule has 0 bridgehead atoms. The molecule has 0 amide bonds. The Labute approximate surface area is 185 Å². The second-order valence-corrected chi connectivity index (χ2v) is 39.8. The van der Waals surface area contributed by atoms with E-state index in [-0.39, 0.29) is 9.19 Å². The van der Waals surface area contributed by atoms with Crippen LogP contribution in [0.25, 0.3) is 5.57 Å². The van der Waals surface area contributed by atoms with Gasteiger partial charge in [-0.25, -0.2) is 0 Å². The SMILES string of the molecule is CC1=C(C)C(C)[C]([Zr]([CH3])([CH3])(=[SiH2])[CH]2C=C(c3c(F)cc(F)cc3F)c3ccccc32)=C1C. The van der Waals surface area contributed by atoms with Gasteiger partial charge in [0.25, 0.3) is 0 Å². The molecule has 2 aromatic rings. The summed E-state index contributed by atoms with van der Waals surface area (Å²) in [5.74, 6) is -2.20. The fourth-order valence-electron chi connectivity index (χ4n) is 6.00. The third-order valence-corrected chi connectivity index (χ3v) is 25.0. The summed E-state index contributed by atoms with van der Waals surface area (Å²) < 4.78 is 49.8. The van der Waals surface area contributed by atoms with Crippen molar-refractivity contribution >= 4 is 12.5 Å². The van der Waals surface area contributed by atoms with E-state index in [4.69, 9.17) is 0 Å². The standard InChI is InChI=1S/C15H8F3.C9H13.2CH3.H2Si.Zr/c16-10-7-13(17)15(14(18)8-10)12-6-5-9-3-1-2-4-11(9)12;1-6-5-7(2)9(4)8(6)3;;;;/h1-8H;6H,1-4H3;2*1H3;1H2;. The summed E-state index contributed by atoms with van der Waals surface area (Å²) in [6.07, 6.45) is 2.08. The van der Waals surface area contributed by atoms with Gasteiger partial charge in [-0.1, -0.05) is 0 Å². The van der Waals surface area contributed by atoms with Gasteiger partial charge < -0.3 is 0 Å². The van der Waals surface area contributed by atoms with Crippen LogP contribution in [0.15, 0.2) is 62.5 Å². The molecule has 0 nitrogen and oxygen atoms in total. The first-order chi connectivity index (χ1) is 14.3. The predicted molar refractivity (Wildman–Crippen MR) is 123 cm³/mol. The summed E-state index contributed by atoms with van der Waals surface area (Å²) >= 11 is -3.67. The Balaban J connectivity index is 1.98. The van der Waals surface area contributed by atoms with Gasteiger partial charge in [-0.3, -0.25) is 0 Å². The third-order valence-electron chi connectivity index (χ3n) is 7.72. The van der Waals surface area contributed by atoms with E-state index in [1.165, 1.54) is 16.7 Å². The fraction of sp³-hybridized carbons (Fsp3) is 0.308. The van der Waals surface area contributed by atoms with Crippen molar-refractivity contribution in [2.24, 2.45) is 5.92 Å². The Bertz CT molecular complexity index is 1270. The molecule has 162 valence electrons. The van der Waals surface area contributed by atoms with Crippen molar-refractivity contribution in [2.75, 3.05) is 0 Å². The molecule has 5 heteroatoms. The van der Waals surface area contributed by atoms with E-state index >= 15 is 0 Å². The molecule has 2 unspecified atom stereocenters. The summed E-state index contributed by atoms with van der Waals surface area (Å²) in [6, 6.07) is 9.49. The monoisotopic (exact) mass is 516 g/mol. The average molecular weight is 518 g/mol. The Morgan fingerprint density at radius 1 is 0.903 bits per heavy atom. The molecular formula is C26H29F3SiZr. The van der Waals surface area contributed by atoms with Gasteiger partial charge in [0.2, 0.25) is 0 Å². The second-order valence-electron chi connectivity index (χ2n) is 10.3. The molecular weight excluding hydrogens is 489 g/mol. The van der Waals surface area contributed by atoms with Gasteiger partial charge in [-0.15, -0.1) is 0 Å². The van der Waals surface area contributed by atoms with Crippen LogP contribution < -0.4 is 0 Å². The van der Waals surface area contributed by atoms with Gasteiger partial charge in [-0.05, 0) is 0 Å². The van der Waals surface area contributed by atoms with Crippen LogP contribution in [0.2, 0.25) is 9.26 Å². The first-order valence-electron chi connectivity index (χ1n) is 10.8.